The van der Waals surface area contributed by atoms with Crippen molar-refractivity contribution >= 4 is 0 Å². The van der Waals surface area contributed by atoms with Crippen LogP contribution in [-0.2, 0) is 0 Å². The predicted octanol–water partition coefficient (Wildman–Crippen LogP) is 3.08. The summed E-state index contributed by atoms with van der Waals surface area (Å²) in [5.41, 5.74) is 0. The third-order valence-electron chi connectivity index (χ3n) is 3.41. The predicted molar refractivity (Wildman–Crippen MR) is 71.9 cm³/mol. The lowest BCUT2D eigenvalue weighted by molar-refractivity contribution is 0.516. The van der Waals surface area contributed by atoms with Gasteiger partial charge in [-0.25, -0.2) is 0 Å². The molecule has 0 aromatic heterocycles. The van der Waals surface area contributed by atoms with Gasteiger partial charge in [-0.2, -0.15) is 0 Å². The molecule has 0 radical (unpaired) electrons. The van der Waals surface area contributed by atoms with Crippen LogP contribution in [0.1, 0.15) is 64.2 Å². The summed E-state index contributed by atoms with van der Waals surface area (Å²) in [7, 11) is 0. The Labute approximate surface area is 102 Å². The van der Waals surface area contributed by atoms with Crippen molar-refractivity contribution in [2.75, 3.05) is 26.2 Å². The van der Waals surface area contributed by atoms with Gasteiger partial charge >= 0.3 is 0 Å². The molecule has 1 heterocycles. The van der Waals surface area contributed by atoms with Gasteiger partial charge < -0.3 is 10.6 Å². The quantitative estimate of drug-likeness (QED) is 0.663. The van der Waals surface area contributed by atoms with E-state index in [0.29, 0.717) is 0 Å². The Hall–Kier alpha value is -0.0800. The molecule has 0 spiro atoms. The highest BCUT2D eigenvalue weighted by atomic mass is 14.8. The number of nitrogens with one attached hydrogen (secondary N) is 2. The monoisotopic (exact) mass is 226 g/mol. The van der Waals surface area contributed by atoms with Crippen LogP contribution in [0, 0.1) is 0 Å². The fourth-order valence-electron chi connectivity index (χ4n) is 2.31. The molecule has 1 saturated heterocycles. The van der Waals surface area contributed by atoms with Gasteiger partial charge in [0, 0.05) is 0 Å². The summed E-state index contributed by atoms with van der Waals surface area (Å²) < 4.78 is 0. The van der Waals surface area contributed by atoms with Crippen molar-refractivity contribution < 1.29 is 0 Å². The second-order valence-electron chi connectivity index (χ2n) is 5.04. The third kappa shape index (κ3) is 9.17. The molecule has 1 aliphatic heterocycles. The molecule has 1 rings (SSSR count). The fourth-order valence-corrected chi connectivity index (χ4v) is 2.31. The molecule has 96 valence electrons. The summed E-state index contributed by atoms with van der Waals surface area (Å²) in [5, 5.41) is 7.11. The van der Waals surface area contributed by atoms with E-state index in [1.807, 2.05) is 0 Å². The van der Waals surface area contributed by atoms with Crippen molar-refractivity contribution in [2.45, 2.75) is 64.2 Å². The van der Waals surface area contributed by atoms with Crippen LogP contribution in [0.2, 0.25) is 0 Å². The largest absolute Gasteiger partial charge is 0.317 e. The Kier molecular flexibility index (Phi) is 9.97. The van der Waals surface area contributed by atoms with E-state index in [-0.39, 0.29) is 0 Å². The van der Waals surface area contributed by atoms with Crippen LogP contribution in [0.4, 0.5) is 0 Å². The molecular formula is C14H30N2. The average Bonchev–Trinajstić information content (AvgIpc) is 2.29. The molecule has 0 unspecified atom stereocenters. The van der Waals surface area contributed by atoms with Crippen molar-refractivity contribution in [1.29, 1.82) is 0 Å². The smallest absolute Gasteiger partial charge is 0.00489 e. The molecule has 0 aromatic rings. The topological polar surface area (TPSA) is 24.1 Å². The summed E-state index contributed by atoms with van der Waals surface area (Å²) >= 11 is 0. The third-order valence-corrected chi connectivity index (χ3v) is 3.41. The molecule has 16 heavy (non-hydrogen) atoms. The van der Waals surface area contributed by atoms with Crippen LogP contribution < -0.4 is 10.6 Å². The summed E-state index contributed by atoms with van der Waals surface area (Å²) in [4.78, 5) is 0. The zero-order valence-electron chi connectivity index (χ0n) is 10.9. The maximum absolute atomic E-state index is 3.55. The number of rotatable bonds is 0. The zero-order valence-corrected chi connectivity index (χ0v) is 10.9. The van der Waals surface area contributed by atoms with E-state index < -0.39 is 0 Å². The number of hydrogen-bond acceptors (Lipinski definition) is 2. The van der Waals surface area contributed by atoms with E-state index in [4.69, 9.17) is 0 Å². The summed E-state index contributed by atoms with van der Waals surface area (Å²) in [6.45, 7) is 4.94. The molecule has 1 fully saturated rings. The Balaban J connectivity index is 2.00. The van der Waals surface area contributed by atoms with Gasteiger partial charge in [-0.3, -0.25) is 0 Å². The van der Waals surface area contributed by atoms with Crippen LogP contribution in [0.5, 0.6) is 0 Å². The zero-order chi connectivity index (χ0) is 11.3. The van der Waals surface area contributed by atoms with Crippen molar-refractivity contribution in [3.05, 3.63) is 0 Å². The molecule has 1 aliphatic rings. The standard InChI is InChI=1S/C14H30N2/c1-3-7-11-15-13-9-5-2-6-10-14-16-12-8-4-1/h15-16H,1-14H2. The lowest BCUT2D eigenvalue weighted by atomic mass is 10.1. The normalized spacial score (nSPS) is 24.0. The van der Waals surface area contributed by atoms with Gasteiger partial charge in [-0.05, 0) is 51.9 Å². The van der Waals surface area contributed by atoms with E-state index in [1.165, 1.54) is 90.4 Å². The van der Waals surface area contributed by atoms with Crippen LogP contribution in [0.15, 0.2) is 0 Å². The summed E-state index contributed by atoms with van der Waals surface area (Å²) in [5.74, 6) is 0. The maximum Gasteiger partial charge on any atom is -0.00489 e. The average molecular weight is 226 g/mol. The summed E-state index contributed by atoms with van der Waals surface area (Å²) in [6, 6.07) is 0. The second-order valence-corrected chi connectivity index (χ2v) is 5.04. The second kappa shape index (κ2) is 11.4. The van der Waals surface area contributed by atoms with Gasteiger partial charge in [0.1, 0.15) is 0 Å². The molecular weight excluding hydrogens is 196 g/mol. The number of hydrogen-bond donors (Lipinski definition) is 2. The Morgan fingerprint density at radius 1 is 0.312 bits per heavy atom. The van der Waals surface area contributed by atoms with E-state index in [0.717, 1.165) is 0 Å². The summed E-state index contributed by atoms with van der Waals surface area (Å²) in [6.07, 6.45) is 14.0. The van der Waals surface area contributed by atoms with Gasteiger partial charge in [0.2, 0.25) is 0 Å². The van der Waals surface area contributed by atoms with Crippen molar-refractivity contribution in [3.8, 4) is 0 Å². The molecule has 0 atom stereocenters. The highest BCUT2D eigenvalue weighted by Crippen LogP contribution is 2.04. The van der Waals surface area contributed by atoms with Gasteiger partial charge in [0.25, 0.3) is 0 Å². The molecule has 2 nitrogen and oxygen atoms in total. The Morgan fingerprint density at radius 2 is 0.562 bits per heavy atom. The van der Waals surface area contributed by atoms with Crippen LogP contribution >= 0.6 is 0 Å². The maximum atomic E-state index is 3.55. The molecule has 0 aromatic carbocycles. The van der Waals surface area contributed by atoms with Crippen LogP contribution in [0.3, 0.4) is 0 Å². The lowest BCUT2D eigenvalue weighted by Gasteiger charge is -2.08. The molecule has 0 amide bonds. The minimum atomic E-state index is 1.23. The molecule has 2 heteroatoms. The van der Waals surface area contributed by atoms with Crippen molar-refractivity contribution in [1.82, 2.24) is 10.6 Å². The SMILES string of the molecule is C1CCCNCCCCCCCNCCC1. The molecule has 0 bridgehead atoms. The lowest BCUT2D eigenvalue weighted by Crippen LogP contribution is -2.18. The van der Waals surface area contributed by atoms with Crippen LogP contribution in [0.25, 0.3) is 0 Å². The first-order valence-electron chi connectivity index (χ1n) is 7.41. The van der Waals surface area contributed by atoms with Gasteiger partial charge in [-0.15, -0.1) is 0 Å². The molecule has 0 saturated carbocycles. The van der Waals surface area contributed by atoms with E-state index >= 15 is 0 Å². The van der Waals surface area contributed by atoms with E-state index in [2.05, 4.69) is 10.6 Å². The highest BCUT2D eigenvalue weighted by Gasteiger charge is 1.95. The van der Waals surface area contributed by atoms with Crippen LogP contribution in [-0.4, -0.2) is 26.2 Å². The first kappa shape index (κ1) is 14.0. The minimum absolute atomic E-state index is 1.23. The van der Waals surface area contributed by atoms with E-state index in [9.17, 15) is 0 Å². The van der Waals surface area contributed by atoms with Crippen molar-refractivity contribution in [3.63, 3.8) is 0 Å². The molecule has 0 aliphatic carbocycles. The molecule has 2 N–H and O–H groups in total. The fraction of sp³-hybridized carbons (Fsp3) is 1.00. The minimum Gasteiger partial charge on any atom is -0.317 e. The van der Waals surface area contributed by atoms with Gasteiger partial charge in [0.15, 0.2) is 0 Å². The van der Waals surface area contributed by atoms with E-state index in [1.54, 1.807) is 0 Å². The Morgan fingerprint density at radius 3 is 0.875 bits per heavy atom. The first-order valence-corrected chi connectivity index (χ1v) is 7.41. The first-order chi connectivity index (χ1) is 8.00. The van der Waals surface area contributed by atoms with Gasteiger partial charge in [-0.1, -0.05) is 38.5 Å². The highest BCUT2D eigenvalue weighted by molar-refractivity contribution is 4.55. The van der Waals surface area contributed by atoms with Crippen molar-refractivity contribution in [2.24, 2.45) is 0 Å². The Bertz CT molecular complexity index is 72.7. The van der Waals surface area contributed by atoms with Gasteiger partial charge in [0.05, 0.1) is 0 Å².